The first-order valence-corrected chi connectivity index (χ1v) is 9.37. The van der Waals surface area contributed by atoms with Gasteiger partial charge in [-0.05, 0) is 25.0 Å². The third-order valence-electron chi connectivity index (χ3n) is 4.40. The molecule has 1 fully saturated rings. The molecule has 1 aliphatic heterocycles. The second kappa shape index (κ2) is 11.4. The molecule has 2 aromatic heterocycles. The average Bonchev–Trinajstić information content (AvgIpc) is 3.08. The fraction of sp³-hybridized carbons (Fsp3) is 0.611. The van der Waals surface area contributed by atoms with Crippen LogP contribution in [0.5, 0.6) is 0 Å². The summed E-state index contributed by atoms with van der Waals surface area (Å²) in [6.07, 6.45) is 1.96. The van der Waals surface area contributed by atoms with E-state index in [0.717, 1.165) is 63.4 Å². The summed E-state index contributed by atoms with van der Waals surface area (Å²) in [5.74, 6) is 2.18. The van der Waals surface area contributed by atoms with Crippen LogP contribution in [0.1, 0.15) is 19.7 Å². The van der Waals surface area contributed by atoms with E-state index in [0.29, 0.717) is 12.5 Å². The van der Waals surface area contributed by atoms with Crippen LogP contribution in [0.4, 0.5) is 0 Å². The molecule has 1 atom stereocenters. The van der Waals surface area contributed by atoms with Gasteiger partial charge < -0.3 is 15.4 Å². The second-order valence-corrected chi connectivity index (χ2v) is 6.64. The Labute approximate surface area is 177 Å². The third kappa shape index (κ3) is 6.58. The van der Waals surface area contributed by atoms with Crippen LogP contribution in [-0.2, 0) is 11.3 Å². The van der Waals surface area contributed by atoms with E-state index < -0.39 is 0 Å². The lowest BCUT2D eigenvalue weighted by Gasteiger charge is -2.29. The molecule has 1 aliphatic rings. The zero-order valence-electron chi connectivity index (χ0n) is 16.1. The summed E-state index contributed by atoms with van der Waals surface area (Å²) in [5, 5.41) is 15.1. The Morgan fingerprint density at radius 3 is 2.85 bits per heavy atom. The number of aliphatic imine (C=N–C) groups is 1. The number of morpholine rings is 1. The van der Waals surface area contributed by atoms with Gasteiger partial charge in [-0.2, -0.15) is 0 Å². The van der Waals surface area contributed by atoms with Gasteiger partial charge in [-0.25, -0.2) is 4.99 Å². The standard InChI is InChI=1S/C18H29N7O.HI/c1-3-19-18(20-12-15(2)14-24-8-10-26-11-9-24)21-13-17-23-22-16-6-4-5-7-25(16)17;/h4-7,15H,3,8-14H2,1-2H3,(H2,19,20,21);1H. The number of pyridine rings is 1. The number of rotatable bonds is 7. The van der Waals surface area contributed by atoms with Gasteiger partial charge in [0.05, 0.1) is 13.2 Å². The summed E-state index contributed by atoms with van der Waals surface area (Å²) in [7, 11) is 0. The average molecular weight is 487 g/mol. The molecule has 3 heterocycles. The fourth-order valence-electron chi connectivity index (χ4n) is 3.05. The van der Waals surface area contributed by atoms with Gasteiger partial charge in [0.2, 0.25) is 0 Å². The minimum atomic E-state index is 0. The van der Waals surface area contributed by atoms with Crippen LogP contribution in [0, 0.1) is 5.92 Å². The molecule has 0 aromatic carbocycles. The monoisotopic (exact) mass is 487 g/mol. The van der Waals surface area contributed by atoms with E-state index in [1.807, 2.05) is 28.8 Å². The number of aromatic nitrogens is 3. The number of fused-ring (bicyclic) bond motifs is 1. The van der Waals surface area contributed by atoms with Gasteiger partial charge in [0, 0.05) is 38.9 Å². The van der Waals surface area contributed by atoms with Crippen molar-refractivity contribution < 1.29 is 4.74 Å². The molecule has 2 aromatic rings. The summed E-state index contributed by atoms with van der Waals surface area (Å²) in [6, 6.07) is 5.87. The lowest BCUT2D eigenvalue weighted by atomic mass is 10.1. The van der Waals surface area contributed by atoms with Gasteiger partial charge in [-0.3, -0.25) is 9.30 Å². The smallest absolute Gasteiger partial charge is 0.191 e. The Morgan fingerprint density at radius 1 is 1.26 bits per heavy atom. The highest BCUT2D eigenvalue weighted by Crippen LogP contribution is 2.04. The quantitative estimate of drug-likeness (QED) is 0.349. The predicted octanol–water partition coefficient (Wildman–Crippen LogP) is 1.37. The van der Waals surface area contributed by atoms with Crippen LogP contribution in [0.15, 0.2) is 29.4 Å². The number of hydrogen-bond acceptors (Lipinski definition) is 5. The molecule has 0 saturated carbocycles. The van der Waals surface area contributed by atoms with E-state index in [1.165, 1.54) is 0 Å². The minimum absolute atomic E-state index is 0. The first-order valence-electron chi connectivity index (χ1n) is 9.37. The molecule has 9 heteroatoms. The first kappa shape index (κ1) is 21.8. The SMILES string of the molecule is CCNC(=NCc1nnc2ccccn12)NCC(C)CN1CCOCC1.I. The van der Waals surface area contributed by atoms with Crippen molar-refractivity contribution in [1.82, 2.24) is 30.1 Å². The van der Waals surface area contributed by atoms with Gasteiger partial charge >= 0.3 is 0 Å². The maximum Gasteiger partial charge on any atom is 0.191 e. The van der Waals surface area contributed by atoms with E-state index in [9.17, 15) is 0 Å². The lowest BCUT2D eigenvalue weighted by molar-refractivity contribution is 0.0320. The molecule has 0 bridgehead atoms. The van der Waals surface area contributed by atoms with Crippen molar-refractivity contribution in [3.63, 3.8) is 0 Å². The molecule has 0 amide bonds. The van der Waals surface area contributed by atoms with E-state index >= 15 is 0 Å². The van der Waals surface area contributed by atoms with Crippen LogP contribution in [0.25, 0.3) is 5.65 Å². The van der Waals surface area contributed by atoms with Gasteiger partial charge in [-0.15, -0.1) is 34.2 Å². The van der Waals surface area contributed by atoms with E-state index in [2.05, 4.69) is 44.6 Å². The van der Waals surface area contributed by atoms with Crippen molar-refractivity contribution in [2.45, 2.75) is 20.4 Å². The Hall–Kier alpha value is -1.46. The van der Waals surface area contributed by atoms with Gasteiger partial charge in [0.15, 0.2) is 17.4 Å². The summed E-state index contributed by atoms with van der Waals surface area (Å²) >= 11 is 0. The van der Waals surface area contributed by atoms with E-state index in [-0.39, 0.29) is 24.0 Å². The van der Waals surface area contributed by atoms with Gasteiger partial charge in [-0.1, -0.05) is 13.0 Å². The van der Waals surface area contributed by atoms with Crippen molar-refractivity contribution in [2.24, 2.45) is 10.9 Å². The summed E-state index contributed by atoms with van der Waals surface area (Å²) in [5.41, 5.74) is 0.842. The van der Waals surface area contributed by atoms with Crippen molar-refractivity contribution in [3.05, 3.63) is 30.2 Å². The maximum atomic E-state index is 5.41. The van der Waals surface area contributed by atoms with Crippen molar-refractivity contribution in [2.75, 3.05) is 45.9 Å². The number of ether oxygens (including phenoxy) is 1. The Bertz CT molecular complexity index is 715. The molecule has 1 unspecified atom stereocenters. The van der Waals surface area contributed by atoms with Gasteiger partial charge in [0.25, 0.3) is 0 Å². The Balaban J connectivity index is 0.00000261. The molecule has 1 saturated heterocycles. The van der Waals surface area contributed by atoms with Crippen LogP contribution in [-0.4, -0.2) is 71.4 Å². The van der Waals surface area contributed by atoms with E-state index in [4.69, 9.17) is 4.74 Å². The number of halogens is 1. The van der Waals surface area contributed by atoms with Crippen molar-refractivity contribution >= 4 is 35.6 Å². The van der Waals surface area contributed by atoms with E-state index in [1.54, 1.807) is 0 Å². The van der Waals surface area contributed by atoms with Crippen LogP contribution in [0.2, 0.25) is 0 Å². The molecule has 0 aliphatic carbocycles. The molecular formula is C18H30IN7O. The molecule has 27 heavy (non-hydrogen) atoms. The number of hydrogen-bond donors (Lipinski definition) is 2. The number of nitrogens with one attached hydrogen (secondary N) is 2. The zero-order valence-corrected chi connectivity index (χ0v) is 18.4. The topological polar surface area (TPSA) is 79.1 Å². The normalized spacial score (nSPS) is 16.7. The van der Waals surface area contributed by atoms with Crippen LogP contribution < -0.4 is 10.6 Å². The summed E-state index contributed by atoms with van der Waals surface area (Å²) in [4.78, 5) is 7.12. The van der Waals surface area contributed by atoms with Crippen LogP contribution in [0.3, 0.4) is 0 Å². The molecule has 0 radical (unpaired) electrons. The fourth-order valence-corrected chi connectivity index (χ4v) is 3.05. The molecule has 3 rings (SSSR count). The number of nitrogens with zero attached hydrogens (tertiary/aromatic N) is 5. The number of guanidine groups is 1. The van der Waals surface area contributed by atoms with Crippen LogP contribution >= 0.6 is 24.0 Å². The molecule has 2 N–H and O–H groups in total. The lowest BCUT2D eigenvalue weighted by Crippen LogP contribution is -2.44. The Kier molecular flexibility index (Phi) is 9.22. The summed E-state index contributed by atoms with van der Waals surface area (Å²) < 4.78 is 7.38. The van der Waals surface area contributed by atoms with Gasteiger partial charge in [0.1, 0.15) is 6.54 Å². The highest BCUT2D eigenvalue weighted by molar-refractivity contribution is 14.0. The van der Waals surface area contributed by atoms with Crippen molar-refractivity contribution in [1.29, 1.82) is 0 Å². The molecule has 0 spiro atoms. The maximum absolute atomic E-state index is 5.41. The largest absolute Gasteiger partial charge is 0.379 e. The predicted molar refractivity (Wildman–Crippen MR) is 118 cm³/mol. The molecule has 150 valence electrons. The third-order valence-corrected chi connectivity index (χ3v) is 4.40. The first-order chi connectivity index (χ1) is 12.8. The molecular weight excluding hydrogens is 457 g/mol. The second-order valence-electron chi connectivity index (χ2n) is 6.64. The van der Waals surface area contributed by atoms with Crippen molar-refractivity contribution in [3.8, 4) is 0 Å². The highest BCUT2D eigenvalue weighted by atomic mass is 127. The highest BCUT2D eigenvalue weighted by Gasteiger charge is 2.14. The molecule has 8 nitrogen and oxygen atoms in total. The Morgan fingerprint density at radius 2 is 2.07 bits per heavy atom. The zero-order chi connectivity index (χ0) is 18.2. The minimum Gasteiger partial charge on any atom is -0.379 e. The summed E-state index contributed by atoms with van der Waals surface area (Å²) in [6.45, 7) is 11.3.